The molecule has 7 heterocycles. The fraction of sp³-hybridized carbons (Fsp3) is 0.400. The summed E-state index contributed by atoms with van der Waals surface area (Å²) in [5, 5.41) is 18.6. The smallest absolute Gasteiger partial charge is 0.212 e. The number of hydrazone groups is 1. The molecule has 214 valence electrons. The molecule has 7 rings (SSSR count). The molecular formula is C30H36N8O3. The van der Waals surface area contributed by atoms with Crippen LogP contribution in [0.5, 0.6) is 11.6 Å². The third kappa shape index (κ3) is 5.42. The summed E-state index contributed by atoms with van der Waals surface area (Å²) in [5.74, 6) is 2.83. The van der Waals surface area contributed by atoms with Gasteiger partial charge in [-0.25, -0.2) is 14.5 Å². The highest BCUT2D eigenvalue weighted by Crippen LogP contribution is 2.37. The Balaban J connectivity index is 1.21. The van der Waals surface area contributed by atoms with Gasteiger partial charge >= 0.3 is 0 Å². The number of piperidine rings is 1. The average Bonchev–Trinajstić information content (AvgIpc) is 3.29. The first-order chi connectivity index (χ1) is 19.7. The van der Waals surface area contributed by atoms with E-state index < -0.39 is 5.60 Å². The van der Waals surface area contributed by atoms with Gasteiger partial charge in [0.2, 0.25) is 5.88 Å². The molecule has 3 aliphatic rings. The van der Waals surface area contributed by atoms with Gasteiger partial charge in [-0.3, -0.25) is 10.3 Å². The highest BCUT2D eigenvalue weighted by atomic mass is 16.5. The van der Waals surface area contributed by atoms with E-state index in [0.29, 0.717) is 29.5 Å². The van der Waals surface area contributed by atoms with E-state index in [2.05, 4.69) is 55.3 Å². The molecule has 0 saturated carbocycles. The van der Waals surface area contributed by atoms with Crippen molar-refractivity contribution in [1.82, 2.24) is 24.5 Å². The van der Waals surface area contributed by atoms with Crippen molar-refractivity contribution in [3.63, 3.8) is 0 Å². The van der Waals surface area contributed by atoms with Crippen molar-refractivity contribution >= 4 is 23.9 Å². The van der Waals surface area contributed by atoms with Crippen molar-refractivity contribution in [2.45, 2.75) is 51.4 Å². The lowest BCUT2D eigenvalue weighted by molar-refractivity contribution is -0.00876. The molecule has 11 nitrogen and oxygen atoms in total. The molecule has 0 radical (unpaired) electrons. The number of aryl methyl sites for hydroxylation is 1. The lowest BCUT2D eigenvalue weighted by Crippen LogP contribution is -2.68. The zero-order valence-corrected chi connectivity index (χ0v) is 23.9. The van der Waals surface area contributed by atoms with Crippen LogP contribution in [0.25, 0.3) is 16.6 Å². The molecule has 2 N–H and O–H groups in total. The zero-order valence-electron chi connectivity index (χ0n) is 23.9. The Morgan fingerprint density at radius 2 is 1.95 bits per heavy atom. The number of ether oxygens (including phenoxy) is 2. The highest BCUT2D eigenvalue weighted by molar-refractivity contribution is 5.86. The molecule has 41 heavy (non-hydrogen) atoms. The number of anilines is 2. The first kappa shape index (κ1) is 27.0. The van der Waals surface area contributed by atoms with Gasteiger partial charge in [-0.1, -0.05) is 6.07 Å². The molecule has 0 aliphatic carbocycles. The Morgan fingerprint density at radius 1 is 1.15 bits per heavy atom. The summed E-state index contributed by atoms with van der Waals surface area (Å²) in [6.45, 7) is 11.9. The Morgan fingerprint density at radius 3 is 2.59 bits per heavy atom. The van der Waals surface area contributed by atoms with E-state index >= 15 is 0 Å². The van der Waals surface area contributed by atoms with Gasteiger partial charge in [0.05, 0.1) is 24.4 Å². The number of nitrogens with one attached hydrogen (secondary N) is 1. The zero-order chi connectivity index (χ0) is 28.7. The standard InChI is InChI=1S/C30H36N8O3/c1-19-28-25(11-24(41-18-30(2,3)39)17-38(28)35-29(19)34-31-4)21-7-8-26(32-13-21)36-15-22-10-23(16-36)37(22)14-20-6-9-27(40-5)33-12-20/h6-9,11-13,17,22-23,39H,4,10,14-16,18H2,1-3,5H3,(H,34,35). The lowest BCUT2D eigenvalue weighted by Gasteiger charge is -2.56. The second kappa shape index (κ2) is 10.6. The maximum absolute atomic E-state index is 10.2. The van der Waals surface area contributed by atoms with E-state index in [1.54, 1.807) is 31.7 Å². The second-order valence-electron chi connectivity index (χ2n) is 11.5. The number of hydrogen-bond acceptors (Lipinski definition) is 10. The van der Waals surface area contributed by atoms with Crippen LogP contribution in [0.3, 0.4) is 0 Å². The molecule has 2 atom stereocenters. The number of hydrogen-bond donors (Lipinski definition) is 2. The fourth-order valence-electron chi connectivity index (χ4n) is 5.74. The molecule has 4 aromatic rings. The number of pyridine rings is 3. The number of rotatable bonds is 10. The van der Waals surface area contributed by atoms with Crippen LogP contribution in [-0.4, -0.2) is 80.8 Å². The minimum absolute atomic E-state index is 0.151. The van der Waals surface area contributed by atoms with Gasteiger partial charge in [-0.05, 0) is 51.0 Å². The van der Waals surface area contributed by atoms with Crippen LogP contribution in [-0.2, 0) is 6.54 Å². The first-order valence-corrected chi connectivity index (χ1v) is 13.8. The van der Waals surface area contributed by atoms with E-state index in [4.69, 9.17) is 14.5 Å². The molecule has 2 unspecified atom stereocenters. The van der Waals surface area contributed by atoms with Gasteiger partial charge in [0.1, 0.15) is 18.2 Å². The summed E-state index contributed by atoms with van der Waals surface area (Å²) in [7, 11) is 1.64. The highest BCUT2D eigenvalue weighted by Gasteiger charge is 2.44. The van der Waals surface area contributed by atoms with Crippen molar-refractivity contribution in [1.29, 1.82) is 0 Å². The summed E-state index contributed by atoms with van der Waals surface area (Å²) in [6, 6.07) is 11.2. The number of aliphatic hydroxyl groups is 1. The average molecular weight is 557 g/mol. The van der Waals surface area contributed by atoms with Gasteiger partial charge < -0.3 is 19.5 Å². The van der Waals surface area contributed by atoms with Gasteiger partial charge in [-0.2, -0.15) is 5.10 Å². The lowest BCUT2D eigenvalue weighted by atomic mass is 9.87. The van der Waals surface area contributed by atoms with Crippen molar-refractivity contribution < 1.29 is 14.6 Å². The van der Waals surface area contributed by atoms with E-state index in [1.165, 1.54) is 12.0 Å². The van der Waals surface area contributed by atoms with Crippen LogP contribution in [0.15, 0.2) is 54.0 Å². The van der Waals surface area contributed by atoms with Crippen molar-refractivity contribution in [2.75, 3.05) is 37.1 Å². The molecule has 3 saturated heterocycles. The van der Waals surface area contributed by atoms with Gasteiger partial charge in [0, 0.05) is 73.6 Å². The molecule has 2 bridgehead atoms. The van der Waals surface area contributed by atoms with E-state index in [9.17, 15) is 5.11 Å². The molecule has 0 amide bonds. The minimum atomic E-state index is -0.964. The Bertz CT molecular complexity index is 1530. The number of fused-ring (bicyclic) bond motifs is 3. The van der Waals surface area contributed by atoms with Crippen LogP contribution in [0.4, 0.5) is 11.6 Å². The summed E-state index contributed by atoms with van der Waals surface area (Å²) in [6.07, 6.45) is 6.84. The number of nitrogens with zero attached hydrogens (tertiary/aromatic N) is 7. The van der Waals surface area contributed by atoms with Gasteiger partial charge in [-0.15, -0.1) is 5.10 Å². The Hall–Kier alpha value is -4.22. The molecule has 0 spiro atoms. The normalized spacial score (nSPS) is 18.7. The Kier molecular flexibility index (Phi) is 7.00. The molecule has 3 aliphatic heterocycles. The fourth-order valence-corrected chi connectivity index (χ4v) is 5.74. The monoisotopic (exact) mass is 556 g/mol. The Labute approximate surface area is 239 Å². The predicted molar refractivity (Wildman–Crippen MR) is 159 cm³/mol. The largest absolute Gasteiger partial charge is 0.489 e. The number of methoxy groups -OCH3 is 1. The van der Waals surface area contributed by atoms with E-state index in [0.717, 1.165) is 47.7 Å². The topological polar surface area (TPSA) is 113 Å². The van der Waals surface area contributed by atoms with Crippen LogP contribution < -0.4 is 19.8 Å². The summed E-state index contributed by atoms with van der Waals surface area (Å²) in [5.41, 5.74) is 6.85. The predicted octanol–water partition coefficient (Wildman–Crippen LogP) is 3.75. The summed E-state index contributed by atoms with van der Waals surface area (Å²) in [4.78, 5) is 14.2. The van der Waals surface area contributed by atoms with Crippen molar-refractivity contribution in [3.8, 4) is 22.8 Å². The minimum Gasteiger partial charge on any atom is -0.489 e. The quantitative estimate of drug-likeness (QED) is 0.223. The molecular weight excluding hydrogens is 520 g/mol. The summed E-state index contributed by atoms with van der Waals surface area (Å²) < 4.78 is 12.9. The van der Waals surface area contributed by atoms with Crippen LogP contribution in [0, 0.1) is 6.92 Å². The molecule has 11 heteroatoms. The van der Waals surface area contributed by atoms with Crippen LogP contribution >= 0.6 is 0 Å². The van der Waals surface area contributed by atoms with Crippen molar-refractivity contribution in [3.05, 3.63) is 60.0 Å². The third-order valence-electron chi connectivity index (χ3n) is 7.81. The first-order valence-electron chi connectivity index (χ1n) is 13.8. The second-order valence-corrected chi connectivity index (χ2v) is 11.5. The maximum atomic E-state index is 10.2. The van der Waals surface area contributed by atoms with Gasteiger partial charge in [0.15, 0.2) is 5.82 Å². The number of piperazine rings is 1. The maximum Gasteiger partial charge on any atom is 0.212 e. The molecule has 4 aromatic heterocycles. The summed E-state index contributed by atoms with van der Waals surface area (Å²) >= 11 is 0. The molecule has 0 aromatic carbocycles. The third-order valence-corrected chi connectivity index (χ3v) is 7.81. The van der Waals surface area contributed by atoms with E-state index in [1.807, 2.05) is 31.5 Å². The van der Waals surface area contributed by atoms with E-state index in [-0.39, 0.29) is 6.61 Å². The van der Waals surface area contributed by atoms with Gasteiger partial charge in [0.25, 0.3) is 0 Å². The SMILES string of the molecule is C=NNc1nn2cc(OCC(C)(C)O)cc(-c3ccc(N4CC5CC(C4)N5Cc4ccc(OC)nc4)nc3)c2c1C. The van der Waals surface area contributed by atoms with Crippen LogP contribution in [0.2, 0.25) is 0 Å². The number of aromatic nitrogens is 4. The molecule has 3 fully saturated rings. The van der Waals surface area contributed by atoms with Crippen LogP contribution in [0.1, 0.15) is 31.4 Å². The van der Waals surface area contributed by atoms with Crippen molar-refractivity contribution in [2.24, 2.45) is 5.10 Å².